The van der Waals surface area contributed by atoms with E-state index in [1.165, 1.54) is 25.7 Å². The van der Waals surface area contributed by atoms with Gasteiger partial charge in [0, 0.05) is 45.6 Å². The van der Waals surface area contributed by atoms with E-state index in [1.54, 1.807) is 13.3 Å². The number of halogens is 1. The molecule has 0 radical (unpaired) electrons. The van der Waals surface area contributed by atoms with E-state index in [0.29, 0.717) is 12.0 Å². The fraction of sp³-hybridized carbons (Fsp3) is 0.688. The number of ether oxygens (including phenoxy) is 1. The molecule has 1 aromatic rings. The Morgan fingerprint density at radius 1 is 1.33 bits per heavy atom. The highest BCUT2D eigenvalue weighted by atomic mass is 35.5. The van der Waals surface area contributed by atoms with Crippen molar-refractivity contribution >= 4 is 17.4 Å². The summed E-state index contributed by atoms with van der Waals surface area (Å²) in [4.78, 5) is 6.88. The van der Waals surface area contributed by atoms with Crippen molar-refractivity contribution in [2.75, 3.05) is 31.7 Å². The fourth-order valence-electron chi connectivity index (χ4n) is 2.88. The van der Waals surface area contributed by atoms with E-state index in [0.717, 1.165) is 42.6 Å². The summed E-state index contributed by atoms with van der Waals surface area (Å²) in [5.41, 5.74) is 1.16. The average Bonchev–Trinajstić information content (AvgIpc) is 3.32. The molecule has 2 fully saturated rings. The first-order valence-electron chi connectivity index (χ1n) is 7.88. The summed E-state index contributed by atoms with van der Waals surface area (Å²) in [7, 11) is 1.78. The van der Waals surface area contributed by atoms with Crippen LogP contribution >= 0.6 is 11.6 Å². The van der Waals surface area contributed by atoms with Gasteiger partial charge in [-0.1, -0.05) is 11.6 Å². The van der Waals surface area contributed by atoms with Gasteiger partial charge in [-0.15, -0.1) is 0 Å². The molecule has 0 spiro atoms. The number of aromatic nitrogens is 1. The minimum Gasteiger partial charge on any atom is -0.384 e. The van der Waals surface area contributed by atoms with Gasteiger partial charge in [0.15, 0.2) is 0 Å². The largest absolute Gasteiger partial charge is 0.384 e. The Balaban J connectivity index is 1.60. The topological polar surface area (TPSA) is 37.4 Å². The molecule has 2 aliphatic rings. The second kappa shape index (κ2) is 6.95. The molecule has 2 heterocycles. The Kier molecular flexibility index (Phi) is 4.99. The van der Waals surface area contributed by atoms with Crippen molar-refractivity contribution in [1.29, 1.82) is 0 Å². The molecule has 1 saturated carbocycles. The summed E-state index contributed by atoms with van der Waals surface area (Å²) >= 11 is 6.27. The van der Waals surface area contributed by atoms with Gasteiger partial charge in [-0.25, -0.2) is 4.98 Å². The van der Waals surface area contributed by atoms with Gasteiger partial charge < -0.3 is 15.0 Å². The van der Waals surface area contributed by atoms with E-state index in [2.05, 4.69) is 21.3 Å². The summed E-state index contributed by atoms with van der Waals surface area (Å²) in [5.74, 6) is 1.75. The maximum atomic E-state index is 6.27. The number of pyridine rings is 1. The van der Waals surface area contributed by atoms with Crippen LogP contribution in [-0.4, -0.2) is 37.8 Å². The Morgan fingerprint density at radius 3 is 2.76 bits per heavy atom. The second-order valence-electron chi connectivity index (χ2n) is 6.17. The number of hydrogen-bond acceptors (Lipinski definition) is 4. The highest BCUT2D eigenvalue weighted by molar-refractivity contribution is 6.31. The molecule has 21 heavy (non-hydrogen) atoms. The van der Waals surface area contributed by atoms with Crippen LogP contribution in [-0.2, 0) is 11.3 Å². The van der Waals surface area contributed by atoms with Gasteiger partial charge in [0.1, 0.15) is 5.82 Å². The minimum atomic E-state index is 0.689. The zero-order valence-corrected chi connectivity index (χ0v) is 13.4. The maximum absolute atomic E-state index is 6.27. The van der Waals surface area contributed by atoms with E-state index in [4.69, 9.17) is 16.3 Å². The van der Waals surface area contributed by atoms with Crippen molar-refractivity contribution in [3.05, 3.63) is 22.8 Å². The third-order valence-electron chi connectivity index (χ3n) is 4.42. The lowest BCUT2D eigenvalue weighted by atomic mass is 9.98. The van der Waals surface area contributed by atoms with Crippen LogP contribution < -0.4 is 10.2 Å². The third-order valence-corrected chi connectivity index (χ3v) is 4.76. The highest BCUT2D eigenvalue weighted by Gasteiger charge is 2.22. The van der Waals surface area contributed by atoms with Gasteiger partial charge in [-0.3, -0.25) is 0 Å². The van der Waals surface area contributed by atoms with Gasteiger partial charge in [0.05, 0.1) is 5.02 Å². The van der Waals surface area contributed by atoms with E-state index in [-0.39, 0.29) is 0 Å². The number of rotatable bonds is 6. The summed E-state index contributed by atoms with van der Waals surface area (Å²) in [6, 6.07) is 2.84. The Bertz CT molecular complexity index is 471. The molecule has 116 valence electrons. The molecule has 0 unspecified atom stereocenters. The first-order chi connectivity index (χ1) is 10.3. The summed E-state index contributed by atoms with van der Waals surface area (Å²) in [6.07, 6.45) is 6.73. The van der Waals surface area contributed by atoms with Crippen molar-refractivity contribution in [3.8, 4) is 0 Å². The first-order valence-corrected chi connectivity index (χ1v) is 8.25. The number of nitrogens with one attached hydrogen (secondary N) is 1. The highest BCUT2D eigenvalue weighted by Crippen LogP contribution is 2.26. The van der Waals surface area contributed by atoms with Crippen LogP contribution in [0.4, 0.5) is 5.82 Å². The molecule has 4 nitrogen and oxygen atoms in total. The normalized spacial score (nSPS) is 20.0. The molecule has 0 aromatic carbocycles. The van der Waals surface area contributed by atoms with E-state index < -0.39 is 0 Å². The number of piperidine rings is 1. The van der Waals surface area contributed by atoms with Crippen molar-refractivity contribution in [1.82, 2.24) is 10.3 Å². The van der Waals surface area contributed by atoms with Gasteiger partial charge >= 0.3 is 0 Å². The molecule has 1 saturated heterocycles. The molecule has 1 aliphatic carbocycles. The van der Waals surface area contributed by atoms with E-state index in [9.17, 15) is 0 Å². The molecule has 1 aromatic heterocycles. The van der Waals surface area contributed by atoms with Crippen LogP contribution in [0, 0.1) is 5.92 Å². The predicted molar refractivity (Wildman–Crippen MR) is 85.9 cm³/mol. The third kappa shape index (κ3) is 4.09. The summed E-state index contributed by atoms with van der Waals surface area (Å²) < 4.78 is 5.26. The van der Waals surface area contributed by atoms with Crippen LogP contribution in [0.1, 0.15) is 31.2 Å². The van der Waals surface area contributed by atoms with Gasteiger partial charge in [-0.2, -0.15) is 0 Å². The second-order valence-corrected chi connectivity index (χ2v) is 6.58. The van der Waals surface area contributed by atoms with E-state index >= 15 is 0 Å². The molecule has 5 heteroatoms. The molecular formula is C16H24ClN3O. The van der Waals surface area contributed by atoms with Crippen LogP contribution in [0.15, 0.2) is 12.3 Å². The molecule has 0 amide bonds. The molecule has 3 rings (SSSR count). The molecular weight excluding hydrogens is 286 g/mol. The number of hydrogen-bond donors (Lipinski definition) is 1. The van der Waals surface area contributed by atoms with Crippen molar-refractivity contribution in [2.24, 2.45) is 5.92 Å². The van der Waals surface area contributed by atoms with Crippen LogP contribution in [0.2, 0.25) is 5.02 Å². The van der Waals surface area contributed by atoms with Crippen LogP contribution in [0.25, 0.3) is 0 Å². The standard InChI is InChI=1S/C16H24ClN3O/c1-21-11-12-4-6-20(7-5-12)16-8-13(15(17)10-19-16)9-18-14-2-3-14/h8,10,12,14,18H,2-7,9,11H2,1H3. The van der Waals surface area contributed by atoms with Crippen LogP contribution in [0.3, 0.4) is 0 Å². The number of methoxy groups -OCH3 is 1. The quantitative estimate of drug-likeness (QED) is 0.877. The fourth-order valence-corrected chi connectivity index (χ4v) is 3.05. The van der Waals surface area contributed by atoms with E-state index in [1.807, 2.05) is 0 Å². The maximum Gasteiger partial charge on any atom is 0.128 e. The van der Waals surface area contributed by atoms with Gasteiger partial charge in [0.2, 0.25) is 0 Å². The Labute approximate surface area is 131 Å². The number of anilines is 1. The zero-order chi connectivity index (χ0) is 14.7. The smallest absolute Gasteiger partial charge is 0.128 e. The molecule has 1 aliphatic heterocycles. The van der Waals surface area contributed by atoms with Crippen molar-refractivity contribution < 1.29 is 4.74 Å². The number of nitrogens with zero attached hydrogens (tertiary/aromatic N) is 2. The monoisotopic (exact) mass is 309 g/mol. The Morgan fingerprint density at radius 2 is 2.10 bits per heavy atom. The van der Waals surface area contributed by atoms with Crippen molar-refractivity contribution in [3.63, 3.8) is 0 Å². The average molecular weight is 310 g/mol. The minimum absolute atomic E-state index is 0.689. The predicted octanol–water partition coefficient (Wildman–Crippen LogP) is 2.85. The first kappa shape index (κ1) is 15.1. The molecule has 0 bridgehead atoms. The Hall–Kier alpha value is -0.840. The lowest BCUT2D eigenvalue weighted by Crippen LogP contribution is -2.35. The zero-order valence-electron chi connectivity index (χ0n) is 12.6. The molecule has 1 N–H and O–H groups in total. The van der Waals surface area contributed by atoms with Crippen LogP contribution in [0.5, 0.6) is 0 Å². The van der Waals surface area contributed by atoms with Gasteiger partial charge in [-0.05, 0) is 43.2 Å². The lowest BCUT2D eigenvalue weighted by Gasteiger charge is -2.32. The van der Waals surface area contributed by atoms with Gasteiger partial charge in [0.25, 0.3) is 0 Å². The molecule has 0 atom stereocenters. The summed E-state index contributed by atoms with van der Waals surface area (Å²) in [6.45, 7) is 3.83. The van der Waals surface area contributed by atoms with Crippen molar-refractivity contribution in [2.45, 2.75) is 38.3 Å². The lowest BCUT2D eigenvalue weighted by molar-refractivity contribution is 0.139. The summed E-state index contributed by atoms with van der Waals surface area (Å²) in [5, 5.41) is 4.29. The SMILES string of the molecule is COCC1CCN(c2cc(CNC3CC3)c(Cl)cn2)CC1.